The number of aromatic nitrogens is 1. The van der Waals surface area contributed by atoms with Crippen molar-refractivity contribution in [3.63, 3.8) is 0 Å². The lowest BCUT2D eigenvalue weighted by Gasteiger charge is -2.09. The fraction of sp³-hybridized carbons (Fsp3) is 0.571. The summed E-state index contributed by atoms with van der Waals surface area (Å²) < 4.78 is 0. The molecule has 2 heterocycles. The minimum Gasteiger partial charge on any atom is -0.356 e. The standard InChI is InChI=1S/C14H21N3O/c18-14(7-6-12-5-3-10-16-12)17-11-8-13-4-1-2-9-15-13/h1-2,4,9,12,16H,3,5-8,10-11H2,(H,17,18). The Hall–Kier alpha value is -1.42. The van der Waals surface area contributed by atoms with E-state index in [-0.39, 0.29) is 5.91 Å². The van der Waals surface area contributed by atoms with E-state index in [4.69, 9.17) is 0 Å². The summed E-state index contributed by atoms with van der Waals surface area (Å²) >= 11 is 0. The molecule has 1 aromatic heterocycles. The third kappa shape index (κ3) is 4.45. The van der Waals surface area contributed by atoms with Crippen LogP contribution in [0.25, 0.3) is 0 Å². The number of nitrogens with zero attached hydrogens (tertiary/aromatic N) is 1. The van der Waals surface area contributed by atoms with Crippen LogP contribution in [0.3, 0.4) is 0 Å². The van der Waals surface area contributed by atoms with Crippen molar-refractivity contribution in [2.75, 3.05) is 13.1 Å². The van der Waals surface area contributed by atoms with Gasteiger partial charge in [0.15, 0.2) is 0 Å². The Morgan fingerprint density at radius 3 is 3.17 bits per heavy atom. The molecule has 4 heteroatoms. The van der Waals surface area contributed by atoms with Gasteiger partial charge in [0, 0.05) is 37.3 Å². The molecule has 1 saturated heterocycles. The quantitative estimate of drug-likeness (QED) is 0.796. The largest absolute Gasteiger partial charge is 0.356 e. The van der Waals surface area contributed by atoms with Crippen LogP contribution in [0.15, 0.2) is 24.4 Å². The van der Waals surface area contributed by atoms with Gasteiger partial charge < -0.3 is 10.6 Å². The van der Waals surface area contributed by atoms with E-state index in [1.807, 2.05) is 18.2 Å². The van der Waals surface area contributed by atoms with Crippen molar-refractivity contribution in [1.82, 2.24) is 15.6 Å². The van der Waals surface area contributed by atoms with Gasteiger partial charge in [0.1, 0.15) is 0 Å². The van der Waals surface area contributed by atoms with Gasteiger partial charge in [-0.3, -0.25) is 9.78 Å². The average molecular weight is 247 g/mol. The summed E-state index contributed by atoms with van der Waals surface area (Å²) in [6, 6.07) is 6.40. The maximum Gasteiger partial charge on any atom is 0.220 e. The van der Waals surface area contributed by atoms with Crippen LogP contribution in [0, 0.1) is 0 Å². The molecule has 2 rings (SSSR count). The third-order valence-electron chi connectivity index (χ3n) is 3.31. The van der Waals surface area contributed by atoms with Crippen LogP contribution in [0.4, 0.5) is 0 Å². The first-order valence-electron chi connectivity index (χ1n) is 6.74. The molecule has 1 amide bonds. The number of pyridine rings is 1. The fourth-order valence-electron chi connectivity index (χ4n) is 2.27. The van der Waals surface area contributed by atoms with Crippen LogP contribution in [-0.4, -0.2) is 30.0 Å². The highest BCUT2D eigenvalue weighted by atomic mass is 16.1. The molecule has 98 valence electrons. The van der Waals surface area contributed by atoms with Gasteiger partial charge in [-0.2, -0.15) is 0 Å². The minimum atomic E-state index is 0.152. The van der Waals surface area contributed by atoms with E-state index < -0.39 is 0 Å². The van der Waals surface area contributed by atoms with E-state index in [0.717, 1.165) is 25.1 Å². The highest BCUT2D eigenvalue weighted by Crippen LogP contribution is 2.10. The number of rotatable bonds is 6. The molecule has 2 N–H and O–H groups in total. The van der Waals surface area contributed by atoms with E-state index in [0.29, 0.717) is 19.0 Å². The Labute approximate surface area is 108 Å². The molecule has 1 aliphatic rings. The smallest absolute Gasteiger partial charge is 0.220 e. The number of carbonyl (C=O) groups excluding carboxylic acids is 1. The second-order valence-electron chi connectivity index (χ2n) is 4.75. The highest BCUT2D eigenvalue weighted by Gasteiger charge is 2.14. The predicted molar refractivity (Wildman–Crippen MR) is 71.2 cm³/mol. The molecule has 1 fully saturated rings. The first-order valence-corrected chi connectivity index (χ1v) is 6.74. The SMILES string of the molecule is O=C(CCC1CCCN1)NCCc1ccccn1. The third-order valence-corrected chi connectivity index (χ3v) is 3.31. The zero-order valence-electron chi connectivity index (χ0n) is 10.7. The van der Waals surface area contributed by atoms with Gasteiger partial charge in [-0.25, -0.2) is 0 Å². The molecular weight excluding hydrogens is 226 g/mol. The summed E-state index contributed by atoms with van der Waals surface area (Å²) in [5.41, 5.74) is 1.02. The predicted octanol–water partition coefficient (Wildman–Crippen LogP) is 1.27. The Morgan fingerprint density at radius 1 is 1.50 bits per heavy atom. The van der Waals surface area contributed by atoms with Crippen LogP contribution in [0.1, 0.15) is 31.4 Å². The van der Waals surface area contributed by atoms with Crippen LogP contribution in [0.2, 0.25) is 0 Å². The Balaban J connectivity index is 1.57. The summed E-state index contributed by atoms with van der Waals surface area (Å²) in [5.74, 6) is 0.152. The lowest BCUT2D eigenvalue weighted by molar-refractivity contribution is -0.121. The van der Waals surface area contributed by atoms with Crippen LogP contribution < -0.4 is 10.6 Å². The number of hydrogen-bond acceptors (Lipinski definition) is 3. The number of nitrogens with one attached hydrogen (secondary N) is 2. The van der Waals surface area contributed by atoms with E-state index in [2.05, 4.69) is 15.6 Å². The Kier molecular flexibility index (Phi) is 5.15. The minimum absolute atomic E-state index is 0.152. The zero-order chi connectivity index (χ0) is 12.6. The van der Waals surface area contributed by atoms with Crippen molar-refractivity contribution in [3.05, 3.63) is 30.1 Å². The van der Waals surface area contributed by atoms with Gasteiger partial charge in [0.25, 0.3) is 0 Å². The molecule has 0 aliphatic carbocycles. The van der Waals surface area contributed by atoms with Gasteiger partial charge in [-0.15, -0.1) is 0 Å². The van der Waals surface area contributed by atoms with E-state index in [1.54, 1.807) is 6.20 Å². The monoisotopic (exact) mass is 247 g/mol. The topological polar surface area (TPSA) is 54.0 Å². The van der Waals surface area contributed by atoms with Crippen LogP contribution in [-0.2, 0) is 11.2 Å². The van der Waals surface area contributed by atoms with Gasteiger partial charge >= 0.3 is 0 Å². The molecule has 0 spiro atoms. The maximum absolute atomic E-state index is 11.6. The van der Waals surface area contributed by atoms with Crippen molar-refractivity contribution in [3.8, 4) is 0 Å². The second kappa shape index (κ2) is 7.11. The molecule has 18 heavy (non-hydrogen) atoms. The Bertz CT molecular complexity index is 361. The normalized spacial score (nSPS) is 18.8. The van der Waals surface area contributed by atoms with E-state index in [9.17, 15) is 4.79 Å². The number of carbonyl (C=O) groups is 1. The van der Waals surface area contributed by atoms with Crippen molar-refractivity contribution >= 4 is 5.91 Å². The molecule has 0 radical (unpaired) electrons. The summed E-state index contributed by atoms with van der Waals surface area (Å²) in [7, 11) is 0. The van der Waals surface area contributed by atoms with Crippen molar-refractivity contribution in [1.29, 1.82) is 0 Å². The van der Waals surface area contributed by atoms with E-state index >= 15 is 0 Å². The number of amides is 1. The molecule has 0 bridgehead atoms. The number of hydrogen-bond donors (Lipinski definition) is 2. The molecule has 4 nitrogen and oxygen atoms in total. The van der Waals surface area contributed by atoms with Gasteiger partial charge in [0.05, 0.1) is 0 Å². The average Bonchev–Trinajstić information content (AvgIpc) is 2.91. The zero-order valence-corrected chi connectivity index (χ0v) is 10.7. The molecular formula is C14H21N3O. The summed E-state index contributed by atoms with van der Waals surface area (Å²) in [5, 5.41) is 6.35. The van der Waals surface area contributed by atoms with Crippen molar-refractivity contribution in [2.24, 2.45) is 0 Å². The van der Waals surface area contributed by atoms with Crippen LogP contribution in [0.5, 0.6) is 0 Å². The second-order valence-corrected chi connectivity index (χ2v) is 4.75. The van der Waals surface area contributed by atoms with Crippen LogP contribution >= 0.6 is 0 Å². The maximum atomic E-state index is 11.6. The summed E-state index contributed by atoms with van der Waals surface area (Å²) in [6.07, 6.45) is 6.61. The summed E-state index contributed by atoms with van der Waals surface area (Å²) in [4.78, 5) is 15.9. The van der Waals surface area contributed by atoms with Gasteiger partial charge in [-0.1, -0.05) is 6.07 Å². The van der Waals surface area contributed by atoms with Gasteiger partial charge in [-0.05, 0) is 37.9 Å². The molecule has 1 aliphatic heterocycles. The first kappa shape index (κ1) is 13.0. The molecule has 1 aromatic rings. The van der Waals surface area contributed by atoms with Crippen molar-refractivity contribution in [2.45, 2.75) is 38.1 Å². The first-order chi connectivity index (χ1) is 8.84. The molecule has 0 saturated carbocycles. The fourth-order valence-corrected chi connectivity index (χ4v) is 2.27. The highest BCUT2D eigenvalue weighted by molar-refractivity contribution is 5.75. The molecule has 0 aromatic carbocycles. The molecule has 1 atom stereocenters. The lowest BCUT2D eigenvalue weighted by atomic mass is 10.1. The van der Waals surface area contributed by atoms with E-state index in [1.165, 1.54) is 12.8 Å². The van der Waals surface area contributed by atoms with Crippen molar-refractivity contribution < 1.29 is 4.79 Å². The Morgan fingerprint density at radius 2 is 2.44 bits per heavy atom. The summed E-state index contributed by atoms with van der Waals surface area (Å²) in [6.45, 7) is 1.78. The van der Waals surface area contributed by atoms with Gasteiger partial charge in [0.2, 0.25) is 5.91 Å². The lowest BCUT2D eigenvalue weighted by Crippen LogP contribution is -2.28. The molecule has 1 unspecified atom stereocenters.